The molecule has 0 bridgehead atoms. The third-order valence-electron chi connectivity index (χ3n) is 4.79. The van der Waals surface area contributed by atoms with E-state index >= 15 is 0 Å². The average Bonchev–Trinajstić information content (AvgIpc) is 3.01. The molecule has 1 unspecified atom stereocenters. The Morgan fingerprint density at radius 2 is 2.21 bits per heavy atom. The highest BCUT2D eigenvalue weighted by atomic mass is 16.6. The summed E-state index contributed by atoms with van der Waals surface area (Å²) in [7, 11) is 0. The van der Waals surface area contributed by atoms with E-state index in [1.807, 2.05) is 0 Å². The predicted octanol–water partition coefficient (Wildman–Crippen LogP) is 1.74. The van der Waals surface area contributed by atoms with E-state index in [1.54, 1.807) is 23.6 Å². The monoisotopic (exact) mass is 388 g/mol. The number of hydrogen-bond donors (Lipinski definition) is 2. The highest BCUT2D eigenvalue weighted by Crippen LogP contribution is 2.18. The normalized spacial score (nSPS) is 14.2. The number of non-ortho nitro benzene ring substituents is 1. The fraction of sp³-hybridized carbons (Fsp3) is 0.500. The van der Waals surface area contributed by atoms with Gasteiger partial charge >= 0.3 is 11.7 Å². The first-order valence-electron chi connectivity index (χ1n) is 9.41. The number of carbonyl (C=O) groups is 1. The number of nitro benzene ring substituents is 1. The van der Waals surface area contributed by atoms with Gasteiger partial charge in [0.05, 0.1) is 11.0 Å². The zero-order valence-electron chi connectivity index (χ0n) is 15.8. The number of rotatable bonds is 7. The van der Waals surface area contributed by atoms with E-state index in [0.717, 1.165) is 31.6 Å². The Hall–Kier alpha value is -3.17. The molecule has 1 aromatic carbocycles. The predicted molar refractivity (Wildman–Crippen MR) is 102 cm³/mol. The maximum atomic E-state index is 12.2. The van der Waals surface area contributed by atoms with Crippen LogP contribution >= 0.6 is 0 Å². The Morgan fingerprint density at radius 1 is 1.39 bits per heavy atom. The van der Waals surface area contributed by atoms with Gasteiger partial charge in [-0.25, -0.2) is 14.3 Å². The number of benzene rings is 1. The summed E-state index contributed by atoms with van der Waals surface area (Å²) >= 11 is 0. The van der Waals surface area contributed by atoms with Gasteiger partial charge in [0.25, 0.3) is 5.69 Å². The van der Waals surface area contributed by atoms with Crippen LogP contribution in [0.15, 0.2) is 29.1 Å². The molecule has 1 aromatic heterocycles. The summed E-state index contributed by atoms with van der Waals surface area (Å²) in [6.07, 6.45) is 3.47. The quantitative estimate of drug-likeness (QED) is 0.425. The van der Waals surface area contributed by atoms with Gasteiger partial charge < -0.3 is 10.6 Å². The van der Waals surface area contributed by atoms with Gasteiger partial charge in [-0.3, -0.25) is 14.7 Å². The number of nitro groups is 1. The average molecular weight is 388 g/mol. The lowest BCUT2D eigenvalue weighted by Crippen LogP contribution is -2.38. The molecule has 0 saturated heterocycles. The summed E-state index contributed by atoms with van der Waals surface area (Å²) in [5.74, 6) is 0.840. The third-order valence-corrected chi connectivity index (χ3v) is 4.79. The molecule has 2 aromatic rings. The van der Waals surface area contributed by atoms with Gasteiger partial charge in [-0.05, 0) is 31.7 Å². The molecule has 10 nitrogen and oxygen atoms in total. The molecule has 1 aliphatic heterocycles. The molecular formula is C18H24N6O4. The fourth-order valence-corrected chi connectivity index (χ4v) is 3.26. The number of aromatic nitrogens is 3. The smallest absolute Gasteiger partial charge is 0.338 e. The van der Waals surface area contributed by atoms with Crippen LogP contribution in [0.5, 0.6) is 0 Å². The Bertz CT molecular complexity index is 919. The van der Waals surface area contributed by atoms with E-state index in [4.69, 9.17) is 0 Å². The van der Waals surface area contributed by atoms with Crippen molar-refractivity contribution in [3.63, 3.8) is 0 Å². The molecule has 10 heteroatoms. The van der Waals surface area contributed by atoms with E-state index in [0.29, 0.717) is 25.1 Å². The number of nitrogens with one attached hydrogen (secondary N) is 2. The fourth-order valence-electron chi connectivity index (χ4n) is 3.26. The molecule has 2 heterocycles. The molecule has 28 heavy (non-hydrogen) atoms. The van der Waals surface area contributed by atoms with Crippen molar-refractivity contribution >= 4 is 11.7 Å². The van der Waals surface area contributed by atoms with Crippen molar-refractivity contribution in [1.82, 2.24) is 25.0 Å². The number of aryl methyl sites for hydroxylation is 2. The van der Waals surface area contributed by atoms with Crippen molar-refractivity contribution in [1.29, 1.82) is 0 Å². The maximum Gasteiger partial charge on any atom is 0.345 e. The minimum absolute atomic E-state index is 0.0141. The van der Waals surface area contributed by atoms with Crippen LogP contribution < -0.4 is 16.3 Å². The van der Waals surface area contributed by atoms with Crippen molar-refractivity contribution in [2.75, 3.05) is 6.54 Å². The molecular weight excluding hydrogens is 364 g/mol. The van der Waals surface area contributed by atoms with Crippen LogP contribution in [0.25, 0.3) is 0 Å². The standard InChI is InChI=1S/C18H24N6O4/c1-13(14-6-4-7-15(12-14)24(27)28)20-17(25)19-9-5-11-23-18(26)22-10-3-2-8-16(22)21-23/h4,6-7,12-13H,2-3,5,8-11H2,1H3,(H2,19,20,25). The van der Waals surface area contributed by atoms with Gasteiger partial charge in [0.2, 0.25) is 0 Å². The third kappa shape index (κ3) is 4.56. The van der Waals surface area contributed by atoms with Gasteiger partial charge in [-0.2, -0.15) is 5.10 Å². The molecule has 0 aliphatic carbocycles. The number of hydrogen-bond acceptors (Lipinski definition) is 5. The van der Waals surface area contributed by atoms with Gasteiger partial charge in [-0.15, -0.1) is 0 Å². The second kappa shape index (κ2) is 8.68. The first-order valence-corrected chi connectivity index (χ1v) is 9.41. The van der Waals surface area contributed by atoms with E-state index < -0.39 is 4.92 Å². The van der Waals surface area contributed by atoms with Crippen LogP contribution in [0.4, 0.5) is 10.5 Å². The Balaban J connectivity index is 1.45. The minimum atomic E-state index is -0.466. The molecule has 3 rings (SSSR count). The van der Waals surface area contributed by atoms with Crippen molar-refractivity contribution in [2.45, 2.75) is 51.7 Å². The SMILES string of the molecule is CC(NC(=O)NCCCn1nc2n(c1=O)CCCC2)c1cccc([N+](=O)[O-])c1. The van der Waals surface area contributed by atoms with Crippen LogP contribution in [0.1, 0.15) is 43.6 Å². The summed E-state index contributed by atoms with van der Waals surface area (Å²) < 4.78 is 3.19. The molecule has 2 N–H and O–H groups in total. The van der Waals surface area contributed by atoms with Crippen molar-refractivity contribution in [2.24, 2.45) is 0 Å². The van der Waals surface area contributed by atoms with Crippen LogP contribution in [-0.2, 0) is 19.5 Å². The van der Waals surface area contributed by atoms with Gasteiger partial charge in [0.15, 0.2) is 0 Å². The first kappa shape index (κ1) is 19.6. The Labute approximate surface area is 161 Å². The molecule has 0 radical (unpaired) electrons. The van der Waals surface area contributed by atoms with Crippen LogP contribution in [-0.4, -0.2) is 31.8 Å². The van der Waals surface area contributed by atoms with E-state index in [1.165, 1.54) is 16.8 Å². The summed E-state index contributed by atoms with van der Waals surface area (Å²) in [5, 5.41) is 20.7. The summed E-state index contributed by atoms with van der Waals surface area (Å²) in [5.41, 5.74) is 0.553. The number of urea groups is 1. The first-order chi connectivity index (χ1) is 13.5. The van der Waals surface area contributed by atoms with Gasteiger partial charge in [0.1, 0.15) is 5.82 Å². The van der Waals surface area contributed by atoms with E-state index in [-0.39, 0.29) is 23.5 Å². The van der Waals surface area contributed by atoms with E-state index in [9.17, 15) is 19.7 Å². The minimum Gasteiger partial charge on any atom is -0.338 e. The van der Waals surface area contributed by atoms with Crippen LogP contribution in [0, 0.1) is 10.1 Å². The topological polar surface area (TPSA) is 124 Å². The highest BCUT2D eigenvalue weighted by Gasteiger charge is 2.16. The van der Waals surface area contributed by atoms with Gasteiger partial charge in [-0.1, -0.05) is 12.1 Å². The summed E-state index contributed by atoms with van der Waals surface area (Å²) in [6.45, 7) is 3.32. The molecule has 150 valence electrons. The van der Waals surface area contributed by atoms with Crippen molar-refractivity contribution in [3.05, 3.63) is 56.3 Å². The molecule has 2 amide bonds. The Morgan fingerprint density at radius 3 is 2.96 bits per heavy atom. The van der Waals surface area contributed by atoms with Crippen LogP contribution in [0.3, 0.4) is 0 Å². The Kier molecular flexibility index (Phi) is 6.07. The van der Waals surface area contributed by atoms with E-state index in [2.05, 4.69) is 15.7 Å². The van der Waals surface area contributed by atoms with Crippen LogP contribution in [0.2, 0.25) is 0 Å². The lowest BCUT2D eigenvalue weighted by molar-refractivity contribution is -0.384. The zero-order valence-corrected chi connectivity index (χ0v) is 15.8. The molecule has 1 aliphatic rings. The maximum absolute atomic E-state index is 12.2. The molecule has 0 spiro atoms. The summed E-state index contributed by atoms with van der Waals surface area (Å²) in [6, 6.07) is 5.43. The summed E-state index contributed by atoms with van der Waals surface area (Å²) in [4.78, 5) is 34.7. The van der Waals surface area contributed by atoms with Crippen molar-refractivity contribution in [3.8, 4) is 0 Å². The largest absolute Gasteiger partial charge is 0.345 e. The number of amides is 2. The number of nitrogens with zero attached hydrogens (tertiary/aromatic N) is 4. The molecule has 0 fully saturated rings. The number of fused-ring (bicyclic) bond motifs is 1. The lowest BCUT2D eigenvalue weighted by atomic mass is 10.1. The van der Waals surface area contributed by atoms with Gasteiger partial charge in [0, 0.05) is 38.2 Å². The van der Waals surface area contributed by atoms with Crippen molar-refractivity contribution < 1.29 is 9.72 Å². The second-order valence-corrected chi connectivity index (χ2v) is 6.86. The second-order valence-electron chi connectivity index (χ2n) is 6.86. The zero-order chi connectivity index (χ0) is 20.1. The molecule has 1 atom stereocenters. The number of carbonyl (C=O) groups excluding carboxylic acids is 1. The molecule has 0 saturated carbocycles. The highest BCUT2D eigenvalue weighted by molar-refractivity contribution is 5.74. The lowest BCUT2D eigenvalue weighted by Gasteiger charge is -2.15.